The predicted octanol–water partition coefficient (Wildman–Crippen LogP) is 4.00. The van der Waals surface area contributed by atoms with Crippen LogP contribution >= 0.6 is 15.9 Å². The Morgan fingerprint density at radius 2 is 1.87 bits per heavy atom. The van der Waals surface area contributed by atoms with Gasteiger partial charge in [0.1, 0.15) is 11.6 Å². The van der Waals surface area contributed by atoms with Gasteiger partial charge in [-0.1, -0.05) is 28.1 Å². The molecule has 0 bridgehead atoms. The highest BCUT2D eigenvalue weighted by Gasteiger charge is 2.09. The van der Waals surface area contributed by atoms with E-state index in [2.05, 4.69) is 21.0 Å². The average molecular weight is 377 g/mol. The summed E-state index contributed by atoms with van der Waals surface area (Å²) in [7, 11) is 0. The number of hydrogen-bond acceptors (Lipinski definition) is 2. The Hall–Kier alpha value is -2.34. The summed E-state index contributed by atoms with van der Waals surface area (Å²) in [5, 5.41) is 4.24. The molecule has 23 heavy (non-hydrogen) atoms. The van der Waals surface area contributed by atoms with Crippen molar-refractivity contribution in [2.24, 2.45) is 0 Å². The third-order valence-corrected chi connectivity index (χ3v) is 3.81. The van der Waals surface area contributed by atoms with E-state index in [4.69, 9.17) is 0 Å². The number of benzene rings is 2. The second-order valence-corrected chi connectivity index (χ2v) is 5.88. The lowest BCUT2D eigenvalue weighted by Crippen LogP contribution is -2.23. The zero-order valence-corrected chi connectivity index (χ0v) is 13.4. The maximum absolute atomic E-state index is 13.7. The van der Waals surface area contributed by atoms with Gasteiger partial charge >= 0.3 is 0 Å². The quantitative estimate of drug-likeness (QED) is 0.692. The topological polar surface area (TPSA) is 34.9 Å². The van der Waals surface area contributed by atoms with Crippen LogP contribution in [0.15, 0.2) is 63.9 Å². The molecular weight excluding hydrogens is 366 g/mol. The summed E-state index contributed by atoms with van der Waals surface area (Å²) < 4.78 is 29.0. The standard InChI is InChI=1S/C17H11BrF2N2O/c18-13-3-1-2-11(8-13)16-6-7-17(23)22(21-16)10-12-9-14(19)4-5-15(12)20/h1-9H,10H2. The van der Waals surface area contributed by atoms with Crippen LogP contribution in [-0.2, 0) is 6.54 Å². The molecule has 0 saturated carbocycles. The first kappa shape index (κ1) is 15.6. The van der Waals surface area contributed by atoms with Gasteiger partial charge in [0.2, 0.25) is 0 Å². The van der Waals surface area contributed by atoms with E-state index in [0.29, 0.717) is 5.69 Å². The summed E-state index contributed by atoms with van der Waals surface area (Å²) >= 11 is 3.38. The average Bonchev–Trinajstić information content (AvgIpc) is 2.53. The number of rotatable bonds is 3. The number of hydrogen-bond donors (Lipinski definition) is 0. The van der Waals surface area contributed by atoms with E-state index >= 15 is 0 Å². The summed E-state index contributed by atoms with van der Waals surface area (Å²) in [5.74, 6) is -1.13. The van der Waals surface area contributed by atoms with Crippen LogP contribution in [0.4, 0.5) is 8.78 Å². The smallest absolute Gasteiger partial charge is 0.267 e. The molecule has 1 heterocycles. The molecule has 0 spiro atoms. The monoisotopic (exact) mass is 376 g/mol. The zero-order chi connectivity index (χ0) is 16.4. The van der Waals surface area contributed by atoms with Gasteiger partial charge in [-0.2, -0.15) is 5.10 Å². The number of aromatic nitrogens is 2. The Bertz CT molecular complexity index is 924. The van der Waals surface area contributed by atoms with Gasteiger partial charge in [-0.05, 0) is 36.4 Å². The van der Waals surface area contributed by atoms with E-state index in [1.54, 1.807) is 6.07 Å². The molecule has 0 N–H and O–H groups in total. The molecule has 3 nitrogen and oxygen atoms in total. The highest BCUT2D eigenvalue weighted by atomic mass is 79.9. The van der Waals surface area contributed by atoms with Gasteiger partial charge in [-0.25, -0.2) is 13.5 Å². The van der Waals surface area contributed by atoms with Crippen molar-refractivity contribution in [2.75, 3.05) is 0 Å². The van der Waals surface area contributed by atoms with Crippen molar-refractivity contribution in [3.63, 3.8) is 0 Å². The van der Waals surface area contributed by atoms with Gasteiger partial charge in [-0.3, -0.25) is 4.79 Å². The Morgan fingerprint density at radius 3 is 2.65 bits per heavy atom. The first-order valence-corrected chi connectivity index (χ1v) is 7.60. The molecule has 1 aromatic heterocycles. The lowest BCUT2D eigenvalue weighted by molar-refractivity contribution is 0.558. The SMILES string of the molecule is O=c1ccc(-c2cccc(Br)c2)nn1Cc1cc(F)ccc1F. The number of halogens is 3. The molecule has 0 aliphatic carbocycles. The second kappa shape index (κ2) is 6.42. The molecule has 0 amide bonds. The third-order valence-electron chi connectivity index (χ3n) is 3.31. The maximum atomic E-state index is 13.7. The van der Waals surface area contributed by atoms with Crippen LogP contribution in [0.25, 0.3) is 11.3 Å². The zero-order valence-electron chi connectivity index (χ0n) is 11.8. The maximum Gasteiger partial charge on any atom is 0.267 e. The molecule has 0 atom stereocenters. The van der Waals surface area contributed by atoms with Crippen molar-refractivity contribution in [1.82, 2.24) is 9.78 Å². The molecule has 3 aromatic rings. The van der Waals surface area contributed by atoms with Gasteiger partial charge in [0.05, 0.1) is 12.2 Å². The molecule has 2 aromatic carbocycles. The normalized spacial score (nSPS) is 10.7. The van der Waals surface area contributed by atoms with Crippen LogP contribution < -0.4 is 5.56 Å². The first-order valence-electron chi connectivity index (χ1n) is 6.81. The van der Waals surface area contributed by atoms with Crippen LogP contribution in [0.1, 0.15) is 5.56 Å². The summed E-state index contributed by atoms with van der Waals surface area (Å²) in [4.78, 5) is 11.9. The minimum atomic E-state index is -0.576. The van der Waals surface area contributed by atoms with Crippen LogP contribution in [-0.4, -0.2) is 9.78 Å². The third kappa shape index (κ3) is 3.53. The molecule has 3 rings (SSSR count). The van der Waals surface area contributed by atoms with E-state index in [-0.39, 0.29) is 17.7 Å². The van der Waals surface area contributed by atoms with Gasteiger partial charge in [0.15, 0.2) is 0 Å². The van der Waals surface area contributed by atoms with E-state index in [9.17, 15) is 13.6 Å². The minimum Gasteiger partial charge on any atom is -0.268 e. The van der Waals surface area contributed by atoms with Crippen LogP contribution in [0.5, 0.6) is 0 Å². The summed E-state index contributed by atoms with van der Waals surface area (Å²) in [6, 6.07) is 13.5. The Morgan fingerprint density at radius 1 is 1.04 bits per heavy atom. The molecule has 0 aliphatic heterocycles. The first-order chi connectivity index (χ1) is 11.0. The molecular formula is C17H11BrF2N2O. The van der Waals surface area contributed by atoms with Crippen molar-refractivity contribution < 1.29 is 8.78 Å². The van der Waals surface area contributed by atoms with Crippen molar-refractivity contribution in [2.45, 2.75) is 6.54 Å². The molecule has 0 saturated heterocycles. The lowest BCUT2D eigenvalue weighted by Gasteiger charge is -2.08. The second-order valence-electron chi connectivity index (χ2n) is 4.96. The van der Waals surface area contributed by atoms with E-state index in [0.717, 1.165) is 32.9 Å². The summed E-state index contributed by atoms with van der Waals surface area (Å²) in [6.07, 6.45) is 0. The van der Waals surface area contributed by atoms with Crippen molar-refractivity contribution in [3.8, 4) is 11.3 Å². The number of nitrogens with zero attached hydrogens (tertiary/aromatic N) is 2. The van der Waals surface area contributed by atoms with Gasteiger partial charge < -0.3 is 0 Å². The van der Waals surface area contributed by atoms with Gasteiger partial charge in [0, 0.05) is 21.7 Å². The van der Waals surface area contributed by atoms with Gasteiger partial charge in [0.25, 0.3) is 5.56 Å². The highest BCUT2D eigenvalue weighted by molar-refractivity contribution is 9.10. The fourth-order valence-electron chi connectivity index (χ4n) is 2.19. The highest BCUT2D eigenvalue weighted by Crippen LogP contribution is 2.20. The molecule has 0 aliphatic rings. The van der Waals surface area contributed by atoms with Crippen LogP contribution in [0.2, 0.25) is 0 Å². The minimum absolute atomic E-state index is 0.0750. The van der Waals surface area contributed by atoms with Crippen molar-refractivity contribution in [1.29, 1.82) is 0 Å². The molecule has 116 valence electrons. The van der Waals surface area contributed by atoms with E-state index in [1.165, 1.54) is 6.07 Å². The largest absolute Gasteiger partial charge is 0.268 e. The Balaban J connectivity index is 2.01. The molecule has 0 fully saturated rings. The van der Waals surface area contributed by atoms with E-state index < -0.39 is 11.6 Å². The fraction of sp³-hybridized carbons (Fsp3) is 0.0588. The van der Waals surface area contributed by atoms with E-state index in [1.807, 2.05) is 24.3 Å². The van der Waals surface area contributed by atoms with Crippen LogP contribution in [0, 0.1) is 11.6 Å². The lowest BCUT2D eigenvalue weighted by atomic mass is 10.1. The van der Waals surface area contributed by atoms with Crippen molar-refractivity contribution in [3.05, 3.63) is 86.6 Å². The summed E-state index contributed by atoms with van der Waals surface area (Å²) in [6.45, 7) is -0.135. The molecule has 6 heteroatoms. The Labute approximate surface area is 139 Å². The Kier molecular flexibility index (Phi) is 4.34. The van der Waals surface area contributed by atoms with Gasteiger partial charge in [-0.15, -0.1) is 0 Å². The molecule has 0 unspecified atom stereocenters. The van der Waals surface area contributed by atoms with Crippen molar-refractivity contribution >= 4 is 15.9 Å². The predicted molar refractivity (Wildman–Crippen MR) is 87.1 cm³/mol. The summed E-state index contributed by atoms with van der Waals surface area (Å²) in [5.41, 5.74) is 1.08. The van der Waals surface area contributed by atoms with Crippen LogP contribution in [0.3, 0.4) is 0 Å². The fourth-order valence-corrected chi connectivity index (χ4v) is 2.59. The molecule has 0 radical (unpaired) electrons.